The predicted octanol–water partition coefficient (Wildman–Crippen LogP) is 4.07. The Morgan fingerprint density at radius 3 is 2.93 bits per heavy atom. The summed E-state index contributed by atoms with van der Waals surface area (Å²) in [5.74, 6) is 0.546. The van der Waals surface area contributed by atoms with Gasteiger partial charge in [0.1, 0.15) is 10.8 Å². The quantitative estimate of drug-likeness (QED) is 0.334. The molecule has 0 spiro atoms. The van der Waals surface area contributed by atoms with Gasteiger partial charge < -0.3 is 4.74 Å². The molecular formula is C9H9Cl2N3O. The molecule has 0 aliphatic carbocycles. The minimum absolute atomic E-state index is 0.406. The van der Waals surface area contributed by atoms with Gasteiger partial charge in [-0.25, -0.2) is 0 Å². The molecule has 1 aromatic rings. The Hall–Kier alpha value is -1.09. The summed E-state index contributed by atoms with van der Waals surface area (Å²) in [5, 5.41) is 4.25. The van der Waals surface area contributed by atoms with Crippen molar-refractivity contribution < 1.29 is 4.74 Å². The normalized spacial score (nSPS) is 9.47. The first kappa shape index (κ1) is 12.0. The Morgan fingerprint density at radius 1 is 1.40 bits per heavy atom. The Labute approximate surface area is 97.4 Å². The van der Waals surface area contributed by atoms with Crippen molar-refractivity contribution in [2.24, 2.45) is 5.11 Å². The molecule has 4 nitrogen and oxygen atoms in total. The van der Waals surface area contributed by atoms with Crippen molar-refractivity contribution in [2.45, 2.75) is 6.42 Å². The summed E-state index contributed by atoms with van der Waals surface area (Å²) in [6.45, 7) is 0.855. The highest BCUT2D eigenvalue weighted by Gasteiger charge is 2.04. The van der Waals surface area contributed by atoms with Crippen molar-refractivity contribution in [3.63, 3.8) is 0 Å². The van der Waals surface area contributed by atoms with E-state index in [-0.39, 0.29) is 0 Å². The van der Waals surface area contributed by atoms with Gasteiger partial charge in [0.25, 0.3) is 0 Å². The average Bonchev–Trinajstić information content (AvgIpc) is 2.24. The molecule has 0 saturated carbocycles. The molecular weight excluding hydrogens is 237 g/mol. The lowest BCUT2D eigenvalue weighted by Gasteiger charge is -2.07. The number of rotatable bonds is 5. The molecule has 0 aliphatic rings. The molecule has 0 fully saturated rings. The van der Waals surface area contributed by atoms with Crippen LogP contribution in [0.5, 0.6) is 5.75 Å². The second kappa shape index (κ2) is 6.40. The first-order valence-corrected chi connectivity index (χ1v) is 5.09. The van der Waals surface area contributed by atoms with E-state index in [0.29, 0.717) is 35.4 Å². The lowest BCUT2D eigenvalue weighted by Crippen LogP contribution is -1.99. The minimum atomic E-state index is 0.406. The van der Waals surface area contributed by atoms with E-state index in [4.69, 9.17) is 33.5 Å². The van der Waals surface area contributed by atoms with Crippen LogP contribution in [0.4, 0.5) is 0 Å². The van der Waals surface area contributed by atoms with Crippen LogP contribution in [-0.4, -0.2) is 13.2 Å². The van der Waals surface area contributed by atoms with E-state index in [0.717, 1.165) is 0 Å². The van der Waals surface area contributed by atoms with Gasteiger partial charge in [0.2, 0.25) is 0 Å². The maximum absolute atomic E-state index is 8.04. The number of nitrogens with zero attached hydrogens (tertiary/aromatic N) is 3. The fourth-order valence-electron chi connectivity index (χ4n) is 0.958. The number of azide groups is 1. The van der Waals surface area contributed by atoms with Crippen molar-refractivity contribution in [1.29, 1.82) is 0 Å². The summed E-state index contributed by atoms with van der Waals surface area (Å²) >= 11 is 11.7. The highest BCUT2D eigenvalue weighted by atomic mass is 35.5. The molecule has 0 atom stereocenters. The summed E-state index contributed by atoms with van der Waals surface area (Å²) in [6.07, 6.45) is 0.646. The van der Waals surface area contributed by atoms with E-state index < -0.39 is 0 Å². The lowest BCUT2D eigenvalue weighted by atomic mass is 10.3. The van der Waals surface area contributed by atoms with Crippen LogP contribution in [0.3, 0.4) is 0 Å². The van der Waals surface area contributed by atoms with Gasteiger partial charge in [-0.2, -0.15) is 0 Å². The van der Waals surface area contributed by atoms with Gasteiger partial charge in [-0.3, -0.25) is 0 Å². The van der Waals surface area contributed by atoms with Crippen molar-refractivity contribution in [1.82, 2.24) is 0 Å². The van der Waals surface area contributed by atoms with Gasteiger partial charge in [-0.05, 0) is 24.1 Å². The maximum atomic E-state index is 8.04. The Morgan fingerprint density at radius 2 is 2.20 bits per heavy atom. The van der Waals surface area contributed by atoms with Crippen LogP contribution in [0.15, 0.2) is 23.3 Å². The molecule has 0 heterocycles. The average molecular weight is 246 g/mol. The molecule has 15 heavy (non-hydrogen) atoms. The van der Waals surface area contributed by atoms with Crippen LogP contribution in [0.1, 0.15) is 6.42 Å². The molecule has 0 bridgehead atoms. The highest BCUT2D eigenvalue weighted by Crippen LogP contribution is 2.31. The van der Waals surface area contributed by atoms with E-state index in [2.05, 4.69) is 10.0 Å². The number of ether oxygens (including phenoxy) is 1. The number of benzene rings is 1. The zero-order valence-electron chi connectivity index (χ0n) is 7.86. The van der Waals surface area contributed by atoms with E-state index in [1.54, 1.807) is 18.2 Å². The first-order valence-electron chi connectivity index (χ1n) is 4.33. The SMILES string of the molecule is [N-]=[N+]=NCCCOc1cccc(Cl)c1Cl. The molecule has 1 rings (SSSR count). The van der Waals surface area contributed by atoms with E-state index in [9.17, 15) is 0 Å². The highest BCUT2D eigenvalue weighted by molar-refractivity contribution is 6.42. The van der Waals surface area contributed by atoms with E-state index in [1.165, 1.54) is 0 Å². The van der Waals surface area contributed by atoms with Crippen LogP contribution in [0.2, 0.25) is 10.0 Å². The van der Waals surface area contributed by atoms with Gasteiger partial charge in [0.05, 0.1) is 11.6 Å². The van der Waals surface area contributed by atoms with Gasteiger partial charge >= 0.3 is 0 Å². The predicted molar refractivity (Wildman–Crippen MR) is 60.6 cm³/mol. The molecule has 6 heteroatoms. The third kappa shape index (κ3) is 3.88. The minimum Gasteiger partial charge on any atom is -0.492 e. The fraction of sp³-hybridized carbons (Fsp3) is 0.333. The van der Waals surface area contributed by atoms with Gasteiger partial charge in [-0.15, -0.1) is 0 Å². The van der Waals surface area contributed by atoms with Crippen molar-refractivity contribution in [2.75, 3.05) is 13.2 Å². The largest absolute Gasteiger partial charge is 0.492 e. The summed E-state index contributed by atoms with van der Waals surface area (Å²) in [5.41, 5.74) is 8.04. The Kier molecular flexibility index (Phi) is 5.12. The van der Waals surface area contributed by atoms with Crippen LogP contribution in [0.25, 0.3) is 10.4 Å². The zero-order chi connectivity index (χ0) is 11.1. The molecule has 80 valence electrons. The zero-order valence-corrected chi connectivity index (χ0v) is 9.37. The summed E-state index contributed by atoms with van der Waals surface area (Å²) in [7, 11) is 0. The number of hydrogen-bond donors (Lipinski definition) is 0. The van der Waals surface area contributed by atoms with Gasteiger partial charge in [0, 0.05) is 11.5 Å². The fourth-order valence-corrected chi connectivity index (χ4v) is 1.30. The topological polar surface area (TPSA) is 58.0 Å². The monoisotopic (exact) mass is 245 g/mol. The van der Waals surface area contributed by atoms with Crippen molar-refractivity contribution >= 4 is 23.2 Å². The van der Waals surface area contributed by atoms with Crippen LogP contribution >= 0.6 is 23.2 Å². The Bertz CT molecular complexity index is 378. The molecule has 0 amide bonds. The molecule has 0 radical (unpaired) electrons. The third-order valence-corrected chi connectivity index (χ3v) is 2.44. The smallest absolute Gasteiger partial charge is 0.139 e. The van der Waals surface area contributed by atoms with E-state index >= 15 is 0 Å². The van der Waals surface area contributed by atoms with Crippen LogP contribution in [0, 0.1) is 0 Å². The first-order chi connectivity index (χ1) is 7.25. The lowest BCUT2D eigenvalue weighted by molar-refractivity contribution is 0.313. The summed E-state index contributed by atoms with van der Waals surface area (Å²) in [6, 6.07) is 5.19. The van der Waals surface area contributed by atoms with Gasteiger partial charge in [-0.1, -0.05) is 34.4 Å². The molecule has 0 saturated heterocycles. The standard InChI is InChI=1S/C9H9Cl2N3O/c10-7-3-1-4-8(9(7)11)15-6-2-5-13-14-12/h1,3-4H,2,5-6H2. The third-order valence-electron chi connectivity index (χ3n) is 1.64. The molecule has 0 aromatic heterocycles. The van der Waals surface area contributed by atoms with Crippen molar-refractivity contribution in [3.8, 4) is 5.75 Å². The van der Waals surface area contributed by atoms with Gasteiger partial charge in [0.15, 0.2) is 0 Å². The maximum Gasteiger partial charge on any atom is 0.139 e. The molecule has 0 N–H and O–H groups in total. The summed E-state index contributed by atoms with van der Waals surface area (Å²) < 4.78 is 5.36. The number of hydrogen-bond acceptors (Lipinski definition) is 2. The van der Waals surface area contributed by atoms with Crippen molar-refractivity contribution in [3.05, 3.63) is 38.7 Å². The van der Waals surface area contributed by atoms with Crippen LogP contribution in [-0.2, 0) is 0 Å². The van der Waals surface area contributed by atoms with Crippen LogP contribution < -0.4 is 4.74 Å². The molecule has 1 aromatic carbocycles. The second-order valence-corrected chi connectivity index (χ2v) is 3.49. The summed E-state index contributed by atoms with van der Waals surface area (Å²) in [4.78, 5) is 2.63. The Balaban J connectivity index is 2.44. The number of halogens is 2. The molecule has 0 unspecified atom stereocenters. The molecule has 0 aliphatic heterocycles. The van der Waals surface area contributed by atoms with E-state index in [1.807, 2.05) is 0 Å². The second-order valence-electron chi connectivity index (χ2n) is 2.71.